The quantitative estimate of drug-likeness (QED) is 0.844. The van der Waals surface area contributed by atoms with Crippen LogP contribution in [0, 0.1) is 5.92 Å². The lowest BCUT2D eigenvalue weighted by molar-refractivity contribution is 0.0464. The van der Waals surface area contributed by atoms with Crippen molar-refractivity contribution in [3.8, 4) is 0 Å². The second-order valence-electron chi connectivity index (χ2n) is 5.54. The highest BCUT2D eigenvalue weighted by Gasteiger charge is 2.28. The summed E-state index contributed by atoms with van der Waals surface area (Å²) in [4.78, 5) is 10.9. The van der Waals surface area contributed by atoms with Crippen molar-refractivity contribution in [2.24, 2.45) is 5.92 Å². The van der Waals surface area contributed by atoms with Gasteiger partial charge in [0.2, 0.25) is 0 Å². The molecule has 0 amide bonds. The summed E-state index contributed by atoms with van der Waals surface area (Å²) in [6.45, 7) is 5.02. The molecule has 1 aliphatic rings. The van der Waals surface area contributed by atoms with Gasteiger partial charge in [-0.25, -0.2) is 9.97 Å². The molecule has 0 aliphatic heterocycles. The Hall–Kier alpha value is -1.36. The molecule has 0 bridgehead atoms. The third kappa shape index (κ3) is 2.90. The van der Waals surface area contributed by atoms with Crippen LogP contribution in [0.5, 0.6) is 0 Å². The average Bonchev–Trinajstić information content (AvgIpc) is 2.26. The molecule has 5 heteroatoms. The molecule has 18 heavy (non-hydrogen) atoms. The first-order chi connectivity index (χ1) is 8.45. The van der Waals surface area contributed by atoms with Crippen LogP contribution in [0.2, 0.25) is 0 Å². The summed E-state index contributed by atoms with van der Waals surface area (Å²) in [6.07, 6.45) is 1.68. The number of nitrogens with zero attached hydrogens (tertiary/aromatic N) is 3. The largest absolute Gasteiger partial charge is 0.393 e. The van der Waals surface area contributed by atoms with E-state index in [1.165, 1.54) is 0 Å². The molecule has 100 valence electrons. The molecule has 1 aromatic heterocycles. The number of aliphatic hydroxyl groups is 1. The Kier molecular flexibility index (Phi) is 3.71. The Bertz CT molecular complexity index is 415. The van der Waals surface area contributed by atoms with Crippen LogP contribution < -0.4 is 10.6 Å². The normalized spacial score (nSPS) is 22.9. The van der Waals surface area contributed by atoms with Gasteiger partial charge in [-0.15, -0.1) is 0 Å². The smallest absolute Gasteiger partial charge is 0.135 e. The fourth-order valence-corrected chi connectivity index (χ4v) is 2.26. The van der Waals surface area contributed by atoms with Crippen molar-refractivity contribution < 1.29 is 5.11 Å². The maximum absolute atomic E-state index is 9.30. The zero-order valence-electron chi connectivity index (χ0n) is 11.3. The first kappa shape index (κ1) is 13.1. The Labute approximate surface area is 108 Å². The average molecular weight is 250 g/mol. The number of hydrogen-bond donors (Lipinski definition) is 2. The van der Waals surface area contributed by atoms with Gasteiger partial charge in [0.1, 0.15) is 17.5 Å². The molecular weight excluding hydrogens is 228 g/mol. The van der Waals surface area contributed by atoms with E-state index in [2.05, 4.69) is 28.7 Å². The first-order valence-electron chi connectivity index (χ1n) is 6.49. The van der Waals surface area contributed by atoms with Gasteiger partial charge < -0.3 is 15.7 Å². The van der Waals surface area contributed by atoms with E-state index in [9.17, 15) is 5.11 Å². The van der Waals surface area contributed by atoms with E-state index >= 15 is 0 Å². The monoisotopic (exact) mass is 250 g/mol. The summed E-state index contributed by atoms with van der Waals surface area (Å²) < 4.78 is 0. The van der Waals surface area contributed by atoms with Gasteiger partial charge in [-0.05, 0) is 18.8 Å². The highest BCUT2D eigenvalue weighted by atomic mass is 16.3. The molecule has 1 saturated carbocycles. The van der Waals surface area contributed by atoms with Crippen LogP contribution in [0.4, 0.5) is 11.6 Å². The molecule has 3 N–H and O–H groups in total. The molecule has 1 aromatic rings. The first-order valence-corrected chi connectivity index (χ1v) is 6.49. The number of nitrogen functional groups attached to an aromatic ring is 1. The lowest BCUT2D eigenvalue weighted by Gasteiger charge is -2.34. The van der Waals surface area contributed by atoms with Crippen molar-refractivity contribution in [2.75, 3.05) is 24.2 Å². The van der Waals surface area contributed by atoms with Crippen LogP contribution in [0.1, 0.15) is 38.4 Å². The third-order valence-corrected chi connectivity index (χ3v) is 3.40. The predicted molar refractivity (Wildman–Crippen MR) is 72.5 cm³/mol. The standard InChI is InChI=1S/C13H22N4O/c1-8(2)13-15-11(14)6-12(16-13)17(3)7-9-4-10(18)5-9/h6,8-10,18H,4-5,7H2,1-3H3,(H2,14,15,16). The highest BCUT2D eigenvalue weighted by Crippen LogP contribution is 2.29. The number of nitrogens with two attached hydrogens (primary N) is 1. The Balaban J connectivity index is 2.07. The lowest BCUT2D eigenvalue weighted by Crippen LogP contribution is -2.37. The molecule has 0 spiro atoms. The van der Waals surface area contributed by atoms with Crippen molar-refractivity contribution in [3.05, 3.63) is 11.9 Å². The maximum Gasteiger partial charge on any atom is 0.135 e. The summed E-state index contributed by atoms with van der Waals surface area (Å²) in [5.74, 6) is 3.00. The van der Waals surface area contributed by atoms with E-state index in [0.29, 0.717) is 11.7 Å². The molecule has 1 fully saturated rings. The van der Waals surface area contributed by atoms with Gasteiger partial charge in [-0.1, -0.05) is 13.8 Å². The number of aliphatic hydroxyl groups excluding tert-OH is 1. The predicted octanol–water partition coefficient (Wildman–Crippen LogP) is 1.39. The molecule has 0 atom stereocenters. The fraction of sp³-hybridized carbons (Fsp3) is 0.692. The molecule has 0 aromatic carbocycles. The number of anilines is 2. The van der Waals surface area contributed by atoms with Crippen LogP contribution in [-0.2, 0) is 0 Å². The van der Waals surface area contributed by atoms with E-state index in [4.69, 9.17) is 5.73 Å². The zero-order chi connectivity index (χ0) is 13.3. The Morgan fingerprint density at radius 3 is 2.67 bits per heavy atom. The second-order valence-corrected chi connectivity index (χ2v) is 5.54. The van der Waals surface area contributed by atoms with E-state index in [1.54, 1.807) is 6.07 Å². The van der Waals surface area contributed by atoms with Crippen LogP contribution in [-0.4, -0.2) is 34.8 Å². The van der Waals surface area contributed by atoms with Crippen molar-refractivity contribution >= 4 is 11.6 Å². The second kappa shape index (κ2) is 5.10. The number of aromatic nitrogens is 2. The van der Waals surface area contributed by atoms with Crippen LogP contribution in [0.25, 0.3) is 0 Å². The molecule has 1 aliphatic carbocycles. The van der Waals surface area contributed by atoms with Gasteiger partial charge in [0.05, 0.1) is 6.10 Å². The summed E-state index contributed by atoms with van der Waals surface area (Å²) in [7, 11) is 2.01. The minimum absolute atomic E-state index is 0.106. The van der Waals surface area contributed by atoms with Crippen LogP contribution >= 0.6 is 0 Å². The SMILES string of the molecule is CC(C)c1nc(N)cc(N(C)CC2CC(O)C2)n1. The van der Waals surface area contributed by atoms with Crippen molar-refractivity contribution in [1.29, 1.82) is 0 Å². The summed E-state index contributed by atoms with van der Waals surface area (Å²) in [6, 6.07) is 1.81. The van der Waals surface area contributed by atoms with Crippen LogP contribution in [0.15, 0.2) is 6.07 Å². The van der Waals surface area contributed by atoms with E-state index < -0.39 is 0 Å². The minimum atomic E-state index is -0.106. The summed E-state index contributed by atoms with van der Waals surface area (Å²) in [5.41, 5.74) is 5.82. The Morgan fingerprint density at radius 2 is 2.11 bits per heavy atom. The van der Waals surface area contributed by atoms with E-state index in [-0.39, 0.29) is 12.0 Å². The van der Waals surface area contributed by atoms with Crippen molar-refractivity contribution in [2.45, 2.75) is 38.7 Å². The molecule has 0 saturated heterocycles. The van der Waals surface area contributed by atoms with Gasteiger partial charge in [-0.2, -0.15) is 0 Å². The fourth-order valence-electron chi connectivity index (χ4n) is 2.26. The molecule has 0 unspecified atom stereocenters. The van der Waals surface area contributed by atoms with Gasteiger partial charge in [-0.3, -0.25) is 0 Å². The van der Waals surface area contributed by atoms with Crippen molar-refractivity contribution in [3.63, 3.8) is 0 Å². The maximum atomic E-state index is 9.30. The van der Waals surface area contributed by atoms with Gasteiger partial charge in [0.25, 0.3) is 0 Å². The minimum Gasteiger partial charge on any atom is -0.393 e. The number of rotatable bonds is 4. The molecule has 1 heterocycles. The molecule has 2 rings (SSSR count). The van der Waals surface area contributed by atoms with E-state index in [0.717, 1.165) is 31.0 Å². The third-order valence-electron chi connectivity index (χ3n) is 3.40. The summed E-state index contributed by atoms with van der Waals surface area (Å²) >= 11 is 0. The molecule has 5 nitrogen and oxygen atoms in total. The van der Waals surface area contributed by atoms with Gasteiger partial charge in [0.15, 0.2) is 0 Å². The van der Waals surface area contributed by atoms with Gasteiger partial charge >= 0.3 is 0 Å². The van der Waals surface area contributed by atoms with Gasteiger partial charge in [0, 0.05) is 25.6 Å². The van der Waals surface area contributed by atoms with Crippen molar-refractivity contribution in [1.82, 2.24) is 9.97 Å². The lowest BCUT2D eigenvalue weighted by atomic mass is 9.82. The van der Waals surface area contributed by atoms with E-state index in [1.807, 2.05) is 7.05 Å². The molecular formula is C13H22N4O. The van der Waals surface area contributed by atoms with Crippen LogP contribution in [0.3, 0.4) is 0 Å². The zero-order valence-corrected chi connectivity index (χ0v) is 11.3. The summed E-state index contributed by atoms with van der Waals surface area (Å²) in [5, 5.41) is 9.30. The Morgan fingerprint density at radius 1 is 1.44 bits per heavy atom. The molecule has 0 radical (unpaired) electrons. The highest BCUT2D eigenvalue weighted by molar-refractivity contribution is 5.46. The topological polar surface area (TPSA) is 75.3 Å². The number of hydrogen-bond acceptors (Lipinski definition) is 5.